The normalized spacial score (nSPS) is 18.8. The summed E-state index contributed by atoms with van der Waals surface area (Å²) in [6.45, 7) is 2.38. The molecule has 0 saturated carbocycles. The Labute approximate surface area is 122 Å². The molecule has 1 N–H and O–H groups in total. The van der Waals surface area contributed by atoms with Gasteiger partial charge in [0.05, 0.1) is 5.56 Å². The minimum atomic E-state index is -0.321. The lowest BCUT2D eigenvalue weighted by Crippen LogP contribution is -2.49. The molecule has 20 heavy (non-hydrogen) atoms. The number of hydrogen-bond acceptors (Lipinski definition) is 5. The number of nitrogens with one attached hydrogen (secondary N) is 1. The maximum Gasteiger partial charge on any atom is 0.242 e. The van der Waals surface area contributed by atoms with Crippen LogP contribution in [0.15, 0.2) is 0 Å². The maximum atomic E-state index is 12.0. The average Bonchev–Trinajstić information content (AvgIpc) is 2.45. The lowest BCUT2D eigenvalue weighted by molar-refractivity contribution is -0.122. The molecule has 1 atom stereocenters. The number of likely N-dealkylation sites (N-methyl/N-ethyl adjacent to an activating group) is 1. The van der Waals surface area contributed by atoms with Crippen molar-refractivity contribution in [1.29, 1.82) is 0 Å². The summed E-state index contributed by atoms with van der Waals surface area (Å²) in [6, 6.07) is -0.321. The fourth-order valence-corrected chi connectivity index (χ4v) is 2.73. The number of anilines is 1. The number of hydrogen-bond donors (Lipinski definition) is 1. The zero-order valence-electron chi connectivity index (χ0n) is 11.5. The maximum absolute atomic E-state index is 12.0. The van der Waals surface area contributed by atoms with Crippen LogP contribution in [0, 0.1) is 6.92 Å². The van der Waals surface area contributed by atoms with Crippen LogP contribution in [-0.4, -0.2) is 41.8 Å². The van der Waals surface area contributed by atoms with Crippen LogP contribution in [0.1, 0.15) is 35.4 Å². The predicted molar refractivity (Wildman–Crippen MR) is 76.2 cm³/mol. The molecule has 1 aromatic rings. The first kappa shape index (κ1) is 14.7. The van der Waals surface area contributed by atoms with Crippen LogP contribution in [0.3, 0.4) is 0 Å². The summed E-state index contributed by atoms with van der Waals surface area (Å²) in [7, 11) is 1.61. The summed E-state index contributed by atoms with van der Waals surface area (Å²) in [4.78, 5) is 33.4. The summed E-state index contributed by atoms with van der Waals surface area (Å²) < 4.78 is 0. The number of nitrogens with zero attached hydrogens (tertiary/aromatic N) is 3. The van der Waals surface area contributed by atoms with Crippen LogP contribution in [0.25, 0.3) is 0 Å². The molecule has 1 saturated heterocycles. The van der Waals surface area contributed by atoms with Gasteiger partial charge in [0, 0.05) is 13.6 Å². The van der Waals surface area contributed by atoms with Gasteiger partial charge in [0.2, 0.25) is 5.91 Å². The van der Waals surface area contributed by atoms with E-state index in [9.17, 15) is 9.59 Å². The zero-order chi connectivity index (χ0) is 14.7. The molecular formula is C13H17ClN4O2. The topological polar surface area (TPSA) is 75.2 Å². The van der Waals surface area contributed by atoms with E-state index in [1.165, 1.54) is 0 Å². The summed E-state index contributed by atoms with van der Waals surface area (Å²) in [5.74, 6) is 0.858. The van der Waals surface area contributed by atoms with Gasteiger partial charge >= 0.3 is 0 Å². The summed E-state index contributed by atoms with van der Waals surface area (Å²) in [5, 5.41) is 2.78. The first-order valence-electron chi connectivity index (χ1n) is 6.56. The van der Waals surface area contributed by atoms with Crippen molar-refractivity contribution in [1.82, 2.24) is 15.3 Å². The van der Waals surface area contributed by atoms with Crippen molar-refractivity contribution in [3.8, 4) is 0 Å². The van der Waals surface area contributed by atoms with E-state index in [1.807, 2.05) is 4.90 Å². The number of carbonyl (C=O) groups is 2. The largest absolute Gasteiger partial charge is 0.357 e. The smallest absolute Gasteiger partial charge is 0.242 e. The number of carbonyl (C=O) groups excluding carboxylic acids is 2. The SMILES string of the molecule is CNC(=O)C1CCCCN1c1nc(C)nc(Cl)c1C=O. The lowest BCUT2D eigenvalue weighted by Gasteiger charge is -2.36. The second-order valence-electron chi connectivity index (χ2n) is 4.74. The summed E-state index contributed by atoms with van der Waals surface area (Å²) in [5.41, 5.74) is 0.244. The fourth-order valence-electron chi connectivity index (χ4n) is 2.48. The van der Waals surface area contributed by atoms with Gasteiger partial charge in [-0.2, -0.15) is 0 Å². The molecule has 1 amide bonds. The molecule has 1 unspecified atom stereocenters. The molecule has 108 valence electrons. The summed E-state index contributed by atoms with van der Waals surface area (Å²) in [6.07, 6.45) is 3.31. The van der Waals surface area contributed by atoms with Crippen LogP contribution in [0.5, 0.6) is 0 Å². The Bertz CT molecular complexity index is 535. The van der Waals surface area contributed by atoms with Crippen LogP contribution in [0.4, 0.5) is 5.82 Å². The predicted octanol–water partition coefficient (Wildman–Crippen LogP) is 1.36. The second-order valence-corrected chi connectivity index (χ2v) is 5.09. The molecule has 0 radical (unpaired) electrons. The van der Waals surface area contributed by atoms with Crippen molar-refractivity contribution in [2.45, 2.75) is 32.2 Å². The number of aryl methyl sites for hydroxylation is 1. The number of halogens is 1. The molecule has 6 nitrogen and oxygen atoms in total. The number of piperidine rings is 1. The van der Waals surface area contributed by atoms with Crippen molar-refractivity contribution in [3.63, 3.8) is 0 Å². The average molecular weight is 297 g/mol. The van der Waals surface area contributed by atoms with Crippen LogP contribution in [0.2, 0.25) is 5.15 Å². The molecule has 1 aliphatic heterocycles. The number of aldehydes is 1. The van der Waals surface area contributed by atoms with Gasteiger partial charge in [0.25, 0.3) is 0 Å². The highest BCUT2D eigenvalue weighted by Crippen LogP contribution is 2.28. The first-order valence-corrected chi connectivity index (χ1v) is 6.93. The zero-order valence-corrected chi connectivity index (χ0v) is 12.3. The molecule has 1 aromatic heterocycles. The van der Waals surface area contributed by atoms with E-state index in [0.29, 0.717) is 24.5 Å². The van der Waals surface area contributed by atoms with Crippen molar-refractivity contribution in [3.05, 3.63) is 16.5 Å². The highest BCUT2D eigenvalue weighted by Gasteiger charge is 2.31. The molecule has 2 heterocycles. The molecule has 0 bridgehead atoms. The Hall–Kier alpha value is -1.69. The van der Waals surface area contributed by atoms with E-state index in [4.69, 9.17) is 11.6 Å². The van der Waals surface area contributed by atoms with Crippen LogP contribution < -0.4 is 10.2 Å². The Morgan fingerprint density at radius 2 is 2.20 bits per heavy atom. The monoisotopic (exact) mass is 296 g/mol. The molecule has 1 fully saturated rings. The fraction of sp³-hybridized carbons (Fsp3) is 0.538. The van der Waals surface area contributed by atoms with Gasteiger partial charge in [-0.3, -0.25) is 9.59 Å². The van der Waals surface area contributed by atoms with Gasteiger partial charge in [-0.1, -0.05) is 11.6 Å². The molecule has 1 aliphatic rings. The van der Waals surface area contributed by atoms with Crippen LogP contribution >= 0.6 is 11.6 Å². The molecule has 0 spiro atoms. The summed E-state index contributed by atoms with van der Waals surface area (Å²) >= 11 is 6.01. The molecule has 0 aromatic carbocycles. The van der Waals surface area contributed by atoms with E-state index in [0.717, 1.165) is 19.3 Å². The number of rotatable bonds is 3. The van der Waals surface area contributed by atoms with Crippen molar-refractivity contribution in [2.24, 2.45) is 0 Å². The Morgan fingerprint density at radius 3 is 2.85 bits per heavy atom. The third-order valence-corrected chi connectivity index (χ3v) is 3.72. The first-order chi connectivity index (χ1) is 9.58. The second kappa shape index (κ2) is 6.17. The van der Waals surface area contributed by atoms with Gasteiger partial charge in [-0.15, -0.1) is 0 Å². The van der Waals surface area contributed by atoms with Gasteiger partial charge in [-0.05, 0) is 26.2 Å². The number of amides is 1. The minimum Gasteiger partial charge on any atom is -0.357 e. The van der Waals surface area contributed by atoms with Gasteiger partial charge < -0.3 is 10.2 Å². The third-order valence-electron chi connectivity index (χ3n) is 3.43. The van der Waals surface area contributed by atoms with Crippen molar-refractivity contribution < 1.29 is 9.59 Å². The van der Waals surface area contributed by atoms with E-state index in [2.05, 4.69) is 15.3 Å². The van der Waals surface area contributed by atoms with E-state index >= 15 is 0 Å². The van der Waals surface area contributed by atoms with Gasteiger partial charge in [-0.25, -0.2) is 9.97 Å². The Balaban J connectivity index is 2.47. The molecule has 0 aliphatic carbocycles. The van der Waals surface area contributed by atoms with E-state index in [1.54, 1.807) is 14.0 Å². The van der Waals surface area contributed by atoms with Crippen molar-refractivity contribution >= 4 is 29.6 Å². The van der Waals surface area contributed by atoms with E-state index in [-0.39, 0.29) is 22.7 Å². The molecular weight excluding hydrogens is 280 g/mol. The molecule has 2 rings (SSSR count). The Morgan fingerprint density at radius 1 is 1.45 bits per heavy atom. The molecule has 7 heteroatoms. The standard InChI is InChI=1S/C13H17ClN4O2/c1-8-16-11(14)9(7-19)12(17-8)18-6-4-3-5-10(18)13(20)15-2/h7,10H,3-6H2,1-2H3,(H,15,20). The van der Waals surface area contributed by atoms with Crippen LogP contribution in [-0.2, 0) is 4.79 Å². The quantitative estimate of drug-likeness (QED) is 0.673. The number of aromatic nitrogens is 2. The van der Waals surface area contributed by atoms with Gasteiger partial charge in [0.1, 0.15) is 22.8 Å². The third kappa shape index (κ3) is 2.75. The highest BCUT2D eigenvalue weighted by atomic mass is 35.5. The van der Waals surface area contributed by atoms with E-state index < -0.39 is 0 Å². The van der Waals surface area contributed by atoms with Crippen molar-refractivity contribution in [2.75, 3.05) is 18.5 Å². The van der Waals surface area contributed by atoms with Gasteiger partial charge in [0.15, 0.2) is 6.29 Å². The lowest BCUT2D eigenvalue weighted by atomic mass is 10.0. The highest BCUT2D eigenvalue weighted by molar-refractivity contribution is 6.32. The Kier molecular flexibility index (Phi) is 4.54. The minimum absolute atomic E-state index is 0.0751.